The highest BCUT2D eigenvalue weighted by atomic mass is 32.2. The average molecular weight is 205 g/mol. The van der Waals surface area contributed by atoms with E-state index in [1.165, 1.54) is 6.92 Å². The first-order valence-electron chi connectivity index (χ1n) is 4.41. The van der Waals surface area contributed by atoms with E-state index in [0.29, 0.717) is 5.92 Å². The van der Waals surface area contributed by atoms with Crippen LogP contribution in [-0.4, -0.2) is 26.0 Å². The highest BCUT2D eigenvalue weighted by molar-refractivity contribution is 7.89. The Hall–Kier alpha value is -0.420. The zero-order valence-electron chi connectivity index (χ0n) is 7.91. The van der Waals surface area contributed by atoms with Gasteiger partial charge in [-0.2, -0.15) is 0 Å². The number of carbonyl (C=O) groups excluding carboxylic acids is 1. The van der Waals surface area contributed by atoms with Crippen molar-refractivity contribution in [3.05, 3.63) is 0 Å². The third kappa shape index (κ3) is 3.87. The van der Waals surface area contributed by atoms with Gasteiger partial charge in [0.15, 0.2) is 0 Å². The molecule has 0 aliphatic heterocycles. The van der Waals surface area contributed by atoms with Crippen molar-refractivity contribution in [1.82, 2.24) is 4.72 Å². The number of sulfonamides is 1. The summed E-state index contributed by atoms with van der Waals surface area (Å²) in [4.78, 5) is 10.8. The van der Waals surface area contributed by atoms with Crippen LogP contribution in [-0.2, 0) is 14.8 Å². The Morgan fingerprint density at radius 3 is 2.46 bits per heavy atom. The third-order valence-electron chi connectivity index (χ3n) is 2.12. The molecule has 0 radical (unpaired) electrons. The quantitative estimate of drug-likeness (QED) is 0.701. The fourth-order valence-corrected chi connectivity index (χ4v) is 2.75. The molecule has 0 saturated heterocycles. The predicted molar refractivity (Wildman–Crippen MR) is 49.8 cm³/mol. The summed E-state index contributed by atoms with van der Waals surface area (Å²) < 4.78 is 25.0. The molecule has 1 N–H and O–H groups in total. The zero-order chi connectivity index (χ0) is 10.1. The van der Waals surface area contributed by atoms with E-state index in [0.717, 1.165) is 12.8 Å². The molecule has 1 aliphatic rings. The number of ketones is 1. The fourth-order valence-electron chi connectivity index (χ4n) is 0.995. The van der Waals surface area contributed by atoms with Gasteiger partial charge in [0.25, 0.3) is 0 Å². The minimum absolute atomic E-state index is 0.153. The van der Waals surface area contributed by atoms with Gasteiger partial charge < -0.3 is 0 Å². The lowest BCUT2D eigenvalue weighted by Crippen LogP contribution is -2.38. The van der Waals surface area contributed by atoms with Crippen LogP contribution in [0.5, 0.6) is 0 Å². The van der Waals surface area contributed by atoms with Crippen molar-refractivity contribution < 1.29 is 13.2 Å². The standard InChI is InChI=1S/C8H15NO3S/c1-6(7(2)10)9-13(11,12)5-8-3-4-8/h6,8-9H,3-5H2,1-2H3. The SMILES string of the molecule is CC(=O)C(C)NS(=O)(=O)CC1CC1. The molecule has 0 amide bonds. The summed E-state index contributed by atoms with van der Waals surface area (Å²) in [5, 5.41) is 0. The van der Waals surface area contributed by atoms with Gasteiger partial charge in [-0.25, -0.2) is 13.1 Å². The first-order chi connectivity index (χ1) is 5.91. The number of hydrogen-bond donors (Lipinski definition) is 1. The van der Waals surface area contributed by atoms with Gasteiger partial charge in [-0.05, 0) is 32.6 Å². The Bertz CT molecular complexity index is 293. The second-order valence-electron chi connectivity index (χ2n) is 3.67. The molecule has 13 heavy (non-hydrogen) atoms. The molecule has 5 heteroatoms. The van der Waals surface area contributed by atoms with Crippen molar-refractivity contribution in [3.63, 3.8) is 0 Å². The monoisotopic (exact) mass is 205 g/mol. The van der Waals surface area contributed by atoms with Gasteiger partial charge in [-0.15, -0.1) is 0 Å². The molecule has 0 heterocycles. The maximum atomic E-state index is 11.3. The largest absolute Gasteiger partial charge is 0.298 e. The smallest absolute Gasteiger partial charge is 0.212 e. The van der Waals surface area contributed by atoms with Crippen LogP contribution in [0.4, 0.5) is 0 Å². The molecule has 0 aromatic rings. The van der Waals surface area contributed by atoms with Crippen LogP contribution in [0.15, 0.2) is 0 Å². The van der Waals surface area contributed by atoms with Crippen molar-refractivity contribution in [2.75, 3.05) is 5.75 Å². The number of rotatable bonds is 5. The molecule has 0 spiro atoms. The molecule has 1 saturated carbocycles. The minimum Gasteiger partial charge on any atom is -0.298 e. The minimum atomic E-state index is -3.23. The van der Waals surface area contributed by atoms with Gasteiger partial charge >= 0.3 is 0 Å². The molecule has 1 fully saturated rings. The maximum Gasteiger partial charge on any atom is 0.212 e. The summed E-state index contributed by atoms with van der Waals surface area (Å²) in [6.45, 7) is 2.94. The molecule has 1 atom stereocenters. The number of nitrogens with one attached hydrogen (secondary N) is 1. The van der Waals surface area contributed by atoms with Crippen molar-refractivity contribution in [2.24, 2.45) is 5.92 Å². The predicted octanol–water partition coefficient (Wildman–Crippen LogP) is 0.293. The molecule has 76 valence electrons. The first-order valence-corrected chi connectivity index (χ1v) is 6.06. The van der Waals surface area contributed by atoms with Crippen LogP contribution in [0.2, 0.25) is 0 Å². The molecule has 0 aromatic heterocycles. The summed E-state index contributed by atoms with van der Waals surface area (Å²) in [6.07, 6.45) is 1.99. The van der Waals surface area contributed by atoms with Crippen LogP contribution in [0.3, 0.4) is 0 Å². The van der Waals surface area contributed by atoms with E-state index in [4.69, 9.17) is 0 Å². The van der Waals surface area contributed by atoms with Crippen LogP contribution >= 0.6 is 0 Å². The van der Waals surface area contributed by atoms with Crippen molar-refractivity contribution in [3.8, 4) is 0 Å². The average Bonchev–Trinajstić information content (AvgIpc) is 2.69. The van der Waals surface area contributed by atoms with Gasteiger partial charge in [-0.3, -0.25) is 4.79 Å². The van der Waals surface area contributed by atoms with Crippen LogP contribution in [0.1, 0.15) is 26.7 Å². The molecule has 1 rings (SSSR count). The molecule has 1 unspecified atom stereocenters. The van der Waals surface area contributed by atoms with E-state index < -0.39 is 16.1 Å². The fraction of sp³-hybridized carbons (Fsp3) is 0.875. The van der Waals surface area contributed by atoms with E-state index in [1.807, 2.05) is 0 Å². The van der Waals surface area contributed by atoms with E-state index in [9.17, 15) is 13.2 Å². The third-order valence-corrected chi connectivity index (χ3v) is 3.74. The van der Waals surface area contributed by atoms with Crippen LogP contribution in [0.25, 0.3) is 0 Å². The van der Waals surface area contributed by atoms with Gasteiger partial charge in [0.2, 0.25) is 10.0 Å². The number of hydrogen-bond acceptors (Lipinski definition) is 3. The zero-order valence-corrected chi connectivity index (χ0v) is 8.73. The lowest BCUT2D eigenvalue weighted by Gasteiger charge is -2.10. The summed E-state index contributed by atoms with van der Waals surface area (Å²) in [6, 6.07) is -0.594. The van der Waals surface area contributed by atoms with E-state index in [1.54, 1.807) is 6.92 Å². The number of Topliss-reactive ketones (excluding diaryl/α,β-unsaturated/α-hetero) is 1. The highest BCUT2D eigenvalue weighted by Crippen LogP contribution is 2.29. The Labute approximate surface area is 78.8 Å². The molecular weight excluding hydrogens is 190 g/mol. The summed E-state index contributed by atoms with van der Waals surface area (Å²) in [5.74, 6) is 0.334. The lowest BCUT2D eigenvalue weighted by atomic mass is 10.3. The van der Waals surface area contributed by atoms with Crippen molar-refractivity contribution in [1.29, 1.82) is 0 Å². The molecule has 0 aromatic carbocycles. The van der Waals surface area contributed by atoms with Crippen molar-refractivity contribution >= 4 is 15.8 Å². The van der Waals surface area contributed by atoms with Gasteiger partial charge in [-0.1, -0.05) is 0 Å². The van der Waals surface area contributed by atoms with E-state index in [2.05, 4.69) is 4.72 Å². The topological polar surface area (TPSA) is 63.2 Å². The second-order valence-corrected chi connectivity index (χ2v) is 5.47. The summed E-state index contributed by atoms with van der Waals surface area (Å²) in [7, 11) is -3.23. The Morgan fingerprint density at radius 1 is 1.54 bits per heavy atom. The lowest BCUT2D eigenvalue weighted by molar-refractivity contribution is -0.118. The Morgan fingerprint density at radius 2 is 2.08 bits per heavy atom. The maximum absolute atomic E-state index is 11.3. The second kappa shape index (κ2) is 3.75. The Kier molecular flexibility index (Phi) is 3.08. The first kappa shape index (κ1) is 10.7. The normalized spacial score (nSPS) is 19.8. The van der Waals surface area contributed by atoms with Crippen molar-refractivity contribution in [2.45, 2.75) is 32.7 Å². The summed E-state index contributed by atoms with van der Waals surface area (Å²) in [5.41, 5.74) is 0. The molecule has 0 bridgehead atoms. The molecule has 4 nitrogen and oxygen atoms in total. The van der Waals surface area contributed by atoms with Gasteiger partial charge in [0.05, 0.1) is 11.8 Å². The summed E-state index contributed by atoms with van der Waals surface area (Å²) >= 11 is 0. The molecule has 1 aliphatic carbocycles. The van der Waals surface area contributed by atoms with Crippen LogP contribution < -0.4 is 4.72 Å². The van der Waals surface area contributed by atoms with Gasteiger partial charge in [0.1, 0.15) is 5.78 Å². The van der Waals surface area contributed by atoms with Gasteiger partial charge in [0, 0.05) is 0 Å². The molecular formula is C8H15NO3S. The Balaban J connectivity index is 2.45. The van der Waals surface area contributed by atoms with E-state index >= 15 is 0 Å². The highest BCUT2D eigenvalue weighted by Gasteiger charge is 2.29. The number of carbonyl (C=O) groups is 1. The van der Waals surface area contributed by atoms with E-state index in [-0.39, 0.29) is 11.5 Å². The van der Waals surface area contributed by atoms with Crippen LogP contribution in [0, 0.1) is 5.92 Å².